The second-order valence-corrected chi connectivity index (χ2v) is 4.43. The maximum Gasteiger partial charge on any atom is 0.230 e. The average molecular weight is 311 g/mol. The van der Waals surface area contributed by atoms with E-state index in [9.17, 15) is 4.79 Å². The van der Waals surface area contributed by atoms with Crippen molar-refractivity contribution in [3.63, 3.8) is 0 Å². The van der Waals surface area contributed by atoms with Gasteiger partial charge in [-0.05, 0) is 37.3 Å². The maximum atomic E-state index is 11.8. The number of nitrogens with two attached hydrogens (primary N) is 1. The fourth-order valence-electron chi connectivity index (χ4n) is 1.75. The molecule has 6 nitrogen and oxygen atoms in total. The van der Waals surface area contributed by atoms with Gasteiger partial charge in [-0.15, -0.1) is 12.4 Å². The molecule has 0 aliphatic carbocycles. The molecule has 0 atom stereocenters. The Kier molecular flexibility index (Phi) is 6.71. The van der Waals surface area contributed by atoms with E-state index in [-0.39, 0.29) is 24.7 Å². The van der Waals surface area contributed by atoms with Crippen LogP contribution in [0.1, 0.15) is 11.4 Å². The molecule has 2 aromatic rings. The van der Waals surface area contributed by atoms with Crippen LogP contribution in [-0.2, 0) is 11.2 Å². The molecule has 0 fully saturated rings. The van der Waals surface area contributed by atoms with Gasteiger partial charge in [0.1, 0.15) is 12.4 Å². The van der Waals surface area contributed by atoms with Crippen molar-refractivity contribution in [1.29, 1.82) is 0 Å². The molecule has 1 heterocycles. The topological polar surface area (TPSA) is 93.0 Å². The van der Waals surface area contributed by atoms with Crippen LogP contribution in [0.3, 0.4) is 0 Å². The molecule has 0 unspecified atom stereocenters. The van der Waals surface area contributed by atoms with Gasteiger partial charge in [0.2, 0.25) is 5.91 Å². The molecule has 0 spiro atoms. The summed E-state index contributed by atoms with van der Waals surface area (Å²) in [7, 11) is 0. The Hall–Kier alpha value is -2.05. The minimum absolute atomic E-state index is 0. The number of H-pyrrole nitrogens is 1. The number of hydrogen-bond donors (Lipinski definition) is 3. The van der Waals surface area contributed by atoms with Crippen molar-refractivity contribution in [3.8, 4) is 5.75 Å². The Morgan fingerprint density at radius 3 is 2.67 bits per heavy atom. The number of rotatable bonds is 6. The van der Waals surface area contributed by atoms with E-state index in [1.165, 1.54) is 0 Å². The lowest BCUT2D eigenvalue weighted by Crippen LogP contribution is -2.14. The molecule has 0 aliphatic rings. The number of nitrogens with zero attached hydrogens (tertiary/aromatic N) is 1. The first-order valence-corrected chi connectivity index (χ1v) is 6.41. The Balaban J connectivity index is 0.00000220. The molecule has 0 radical (unpaired) electrons. The highest BCUT2D eigenvalue weighted by molar-refractivity contribution is 5.92. The van der Waals surface area contributed by atoms with Crippen LogP contribution in [0.4, 0.5) is 5.69 Å². The van der Waals surface area contributed by atoms with Crippen molar-refractivity contribution in [1.82, 2.24) is 10.2 Å². The molecule has 0 bridgehead atoms. The molecule has 1 amide bonds. The van der Waals surface area contributed by atoms with E-state index in [2.05, 4.69) is 15.5 Å². The van der Waals surface area contributed by atoms with Gasteiger partial charge in [-0.2, -0.15) is 5.10 Å². The Morgan fingerprint density at radius 2 is 2.10 bits per heavy atom. The van der Waals surface area contributed by atoms with E-state index in [4.69, 9.17) is 10.5 Å². The van der Waals surface area contributed by atoms with E-state index in [1.807, 2.05) is 13.0 Å². The van der Waals surface area contributed by atoms with Crippen molar-refractivity contribution >= 4 is 24.0 Å². The number of ether oxygens (including phenoxy) is 1. The van der Waals surface area contributed by atoms with Crippen LogP contribution in [0.25, 0.3) is 0 Å². The van der Waals surface area contributed by atoms with Crippen molar-refractivity contribution in [2.24, 2.45) is 5.73 Å². The van der Waals surface area contributed by atoms with Gasteiger partial charge >= 0.3 is 0 Å². The predicted molar refractivity (Wildman–Crippen MR) is 83.9 cm³/mol. The number of hydrogen-bond acceptors (Lipinski definition) is 4. The highest BCUT2D eigenvalue weighted by Gasteiger charge is 2.06. The van der Waals surface area contributed by atoms with Crippen LogP contribution in [-0.4, -0.2) is 29.3 Å². The number of amides is 1. The highest BCUT2D eigenvalue weighted by atomic mass is 35.5. The zero-order chi connectivity index (χ0) is 14.4. The van der Waals surface area contributed by atoms with Crippen LogP contribution in [0.5, 0.6) is 5.75 Å². The molecule has 1 aromatic heterocycles. The molecule has 0 saturated carbocycles. The molecule has 4 N–H and O–H groups in total. The summed E-state index contributed by atoms with van der Waals surface area (Å²) in [5.74, 6) is 0.628. The number of carbonyl (C=O) groups excluding carboxylic acids is 1. The molecule has 0 aliphatic heterocycles. The molecule has 114 valence electrons. The van der Waals surface area contributed by atoms with Gasteiger partial charge in [-0.25, -0.2) is 0 Å². The third-order valence-electron chi connectivity index (χ3n) is 2.63. The highest BCUT2D eigenvalue weighted by Crippen LogP contribution is 2.15. The van der Waals surface area contributed by atoms with Gasteiger partial charge < -0.3 is 15.8 Å². The minimum atomic E-state index is -0.105. The van der Waals surface area contributed by atoms with E-state index < -0.39 is 0 Å². The number of aromatic amines is 1. The van der Waals surface area contributed by atoms with Gasteiger partial charge in [-0.1, -0.05) is 0 Å². The van der Waals surface area contributed by atoms with Crippen LogP contribution < -0.4 is 15.8 Å². The number of anilines is 1. The third-order valence-corrected chi connectivity index (χ3v) is 2.63. The Labute approximate surface area is 129 Å². The van der Waals surface area contributed by atoms with Gasteiger partial charge in [0, 0.05) is 17.9 Å². The summed E-state index contributed by atoms with van der Waals surface area (Å²) in [5, 5.41) is 9.65. The van der Waals surface area contributed by atoms with Crippen molar-refractivity contribution in [3.05, 3.63) is 41.7 Å². The standard InChI is InChI=1S/C14H18N4O2.ClH/c1-10-8-12(18-17-10)9-14(19)16-11-2-4-13(5-3-11)20-7-6-15;/h2-5,8H,6-7,9,15H2,1H3,(H,16,19)(H,17,18);1H. The van der Waals surface area contributed by atoms with Crippen LogP contribution in [0.15, 0.2) is 30.3 Å². The number of carbonyl (C=O) groups is 1. The fourth-order valence-corrected chi connectivity index (χ4v) is 1.75. The summed E-state index contributed by atoms with van der Waals surface area (Å²) in [6.07, 6.45) is 0.246. The Bertz CT molecular complexity index is 569. The summed E-state index contributed by atoms with van der Waals surface area (Å²) < 4.78 is 5.36. The van der Waals surface area contributed by atoms with Gasteiger partial charge in [-0.3, -0.25) is 9.89 Å². The zero-order valence-electron chi connectivity index (χ0n) is 11.8. The number of benzene rings is 1. The predicted octanol–water partition coefficient (Wildman–Crippen LogP) is 1.66. The molecular formula is C14H19ClN4O2. The lowest BCUT2D eigenvalue weighted by atomic mass is 10.2. The van der Waals surface area contributed by atoms with Gasteiger partial charge in [0.15, 0.2) is 0 Å². The summed E-state index contributed by atoms with van der Waals surface area (Å²) in [6.45, 7) is 2.85. The molecule has 21 heavy (non-hydrogen) atoms. The van der Waals surface area contributed by atoms with Crippen molar-refractivity contribution in [2.75, 3.05) is 18.5 Å². The summed E-state index contributed by atoms with van der Waals surface area (Å²) in [5.41, 5.74) is 7.75. The van der Waals surface area contributed by atoms with Crippen LogP contribution >= 0.6 is 12.4 Å². The first-order chi connectivity index (χ1) is 9.67. The number of aromatic nitrogens is 2. The largest absolute Gasteiger partial charge is 0.492 e. The summed E-state index contributed by atoms with van der Waals surface area (Å²) in [6, 6.07) is 9.02. The van der Waals surface area contributed by atoms with E-state index in [0.29, 0.717) is 13.2 Å². The average Bonchev–Trinajstić information content (AvgIpc) is 2.83. The molecule has 0 saturated heterocycles. The number of aryl methyl sites for hydroxylation is 1. The van der Waals surface area contributed by atoms with Crippen molar-refractivity contribution < 1.29 is 9.53 Å². The second-order valence-electron chi connectivity index (χ2n) is 4.43. The Morgan fingerprint density at radius 1 is 1.38 bits per heavy atom. The van der Waals surface area contributed by atoms with Gasteiger partial charge in [0.25, 0.3) is 0 Å². The molecule has 2 rings (SSSR count). The quantitative estimate of drug-likeness (QED) is 0.756. The normalized spacial score (nSPS) is 9.81. The van der Waals surface area contributed by atoms with E-state index in [0.717, 1.165) is 22.8 Å². The lowest BCUT2D eigenvalue weighted by molar-refractivity contribution is -0.115. The van der Waals surface area contributed by atoms with Crippen molar-refractivity contribution in [2.45, 2.75) is 13.3 Å². The molecule has 7 heteroatoms. The van der Waals surface area contributed by atoms with E-state index in [1.54, 1.807) is 24.3 Å². The number of halogens is 1. The van der Waals surface area contributed by atoms with Gasteiger partial charge in [0.05, 0.1) is 12.1 Å². The number of nitrogens with one attached hydrogen (secondary N) is 2. The fraction of sp³-hybridized carbons (Fsp3) is 0.286. The zero-order valence-corrected chi connectivity index (χ0v) is 12.6. The summed E-state index contributed by atoms with van der Waals surface area (Å²) in [4.78, 5) is 11.8. The maximum absolute atomic E-state index is 11.8. The summed E-state index contributed by atoms with van der Waals surface area (Å²) >= 11 is 0. The lowest BCUT2D eigenvalue weighted by Gasteiger charge is -2.07. The van der Waals surface area contributed by atoms with E-state index >= 15 is 0 Å². The molecular weight excluding hydrogens is 292 g/mol. The minimum Gasteiger partial charge on any atom is -0.492 e. The molecule has 1 aromatic carbocycles. The SMILES string of the molecule is Cc1cc(CC(=O)Nc2ccc(OCCN)cc2)n[nH]1.Cl. The van der Waals surface area contributed by atoms with Crippen LogP contribution in [0, 0.1) is 6.92 Å². The second kappa shape index (κ2) is 8.28. The van der Waals surface area contributed by atoms with Crippen LogP contribution in [0.2, 0.25) is 0 Å². The smallest absolute Gasteiger partial charge is 0.230 e. The monoisotopic (exact) mass is 310 g/mol. The third kappa shape index (κ3) is 5.45. The first kappa shape index (κ1) is 17.0. The first-order valence-electron chi connectivity index (χ1n) is 6.41.